The lowest BCUT2D eigenvalue weighted by atomic mass is 9.79. The number of carbonyl (C=O) groups excluding carboxylic acids is 2. The number of benzene rings is 2. The fourth-order valence-electron chi connectivity index (χ4n) is 7.62. The largest absolute Gasteiger partial charge is 0.330 e. The average molecular weight is 630 g/mol. The monoisotopic (exact) mass is 629 g/mol. The summed E-state index contributed by atoms with van der Waals surface area (Å²) in [5.74, 6) is 1.86. The lowest BCUT2D eigenvalue weighted by Crippen LogP contribution is -2.25. The molecule has 2 aromatic carbocycles. The summed E-state index contributed by atoms with van der Waals surface area (Å²) < 4.78 is 0. The quantitative estimate of drug-likeness (QED) is 0.103. The van der Waals surface area contributed by atoms with E-state index in [1.807, 2.05) is 42.5 Å². The van der Waals surface area contributed by atoms with Crippen LogP contribution in [0.25, 0.3) is 17.3 Å². The second-order valence-corrected chi connectivity index (χ2v) is 14.6. The molecule has 3 aromatic rings. The van der Waals surface area contributed by atoms with Crippen molar-refractivity contribution in [2.24, 2.45) is 29.4 Å². The normalized spacial score (nSPS) is 21.0. The molecule has 47 heavy (non-hydrogen) atoms. The maximum absolute atomic E-state index is 14.2. The number of nitrogens with two attached hydrogens (primary N) is 1. The first-order valence-electron chi connectivity index (χ1n) is 17.7. The number of aromatic nitrogens is 1. The second kappa shape index (κ2) is 15.8. The van der Waals surface area contributed by atoms with Crippen LogP contribution in [0, 0.1) is 35.0 Å². The Kier molecular flexibility index (Phi) is 11.6. The zero-order valence-corrected chi connectivity index (χ0v) is 28.3. The summed E-state index contributed by atoms with van der Waals surface area (Å²) in [6.07, 6.45) is 13.4. The predicted octanol–water partition coefficient (Wildman–Crippen LogP) is 9.28. The Hall–Kier alpha value is -3.88. The number of hydrogen-bond donors (Lipinski definition) is 1. The lowest BCUT2D eigenvalue weighted by molar-refractivity contribution is -0.123. The van der Waals surface area contributed by atoms with Crippen molar-refractivity contribution in [2.75, 3.05) is 6.54 Å². The van der Waals surface area contributed by atoms with E-state index in [-0.39, 0.29) is 23.0 Å². The van der Waals surface area contributed by atoms with Crippen LogP contribution in [-0.4, -0.2) is 23.1 Å². The summed E-state index contributed by atoms with van der Waals surface area (Å²) in [5, 5.41) is 9.79. The van der Waals surface area contributed by atoms with Gasteiger partial charge in [0.25, 0.3) is 0 Å². The minimum Gasteiger partial charge on any atom is -0.330 e. The maximum Gasteiger partial charge on any atom is 0.168 e. The molecule has 2 aliphatic rings. The van der Waals surface area contributed by atoms with E-state index in [0.29, 0.717) is 36.1 Å². The molecule has 5 rings (SSSR count). The van der Waals surface area contributed by atoms with Gasteiger partial charge in [-0.2, -0.15) is 5.26 Å². The van der Waals surface area contributed by atoms with Crippen LogP contribution in [-0.2, 0) is 16.6 Å². The van der Waals surface area contributed by atoms with Gasteiger partial charge in [0.15, 0.2) is 5.78 Å². The highest BCUT2D eigenvalue weighted by Crippen LogP contribution is 2.48. The molecule has 2 N–H and O–H groups in total. The van der Waals surface area contributed by atoms with E-state index in [2.05, 4.69) is 50.8 Å². The van der Waals surface area contributed by atoms with Crippen molar-refractivity contribution in [3.8, 4) is 17.3 Å². The lowest BCUT2D eigenvalue weighted by Gasteiger charge is -2.27. The fourth-order valence-corrected chi connectivity index (χ4v) is 7.62. The molecule has 0 radical (unpaired) electrons. The van der Waals surface area contributed by atoms with E-state index in [1.165, 1.54) is 5.56 Å². The molecule has 2 saturated carbocycles. The van der Waals surface area contributed by atoms with Crippen molar-refractivity contribution < 1.29 is 9.59 Å². The van der Waals surface area contributed by atoms with Crippen LogP contribution >= 0.6 is 0 Å². The van der Waals surface area contributed by atoms with Gasteiger partial charge in [-0.05, 0) is 105 Å². The van der Waals surface area contributed by atoms with Gasteiger partial charge in [-0.25, -0.2) is 0 Å². The fraction of sp³-hybridized carbons (Fsp3) is 0.476. The highest BCUT2D eigenvalue weighted by Gasteiger charge is 2.45. The first kappa shape index (κ1) is 34.5. The van der Waals surface area contributed by atoms with Crippen molar-refractivity contribution >= 4 is 17.6 Å². The summed E-state index contributed by atoms with van der Waals surface area (Å²) in [7, 11) is 0. The highest BCUT2D eigenvalue weighted by molar-refractivity contribution is 6.01. The van der Waals surface area contributed by atoms with Crippen molar-refractivity contribution in [3.63, 3.8) is 0 Å². The maximum atomic E-state index is 14.2. The zero-order chi connectivity index (χ0) is 33.4. The number of nitriles is 1. The van der Waals surface area contributed by atoms with Gasteiger partial charge in [0.2, 0.25) is 0 Å². The average Bonchev–Trinajstić information content (AvgIpc) is 3.90. The van der Waals surface area contributed by atoms with E-state index in [0.717, 1.165) is 98.7 Å². The van der Waals surface area contributed by atoms with Gasteiger partial charge in [0.05, 0.1) is 23.0 Å². The Morgan fingerprint density at radius 2 is 1.87 bits per heavy atom. The smallest absolute Gasteiger partial charge is 0.168 e. The van der Waals surface area contributed by atoms with Gasteiger partial charge in [-0.3, -0.25) is 14.6 Å². The Labute approximate surface area is 281 Å². The molecular weight excluding hydrogens is 578 g/mol. The summed E-state index contributed by atoms with van der Waals surface area (Å²) >= 11 is 0. The number of unbranched alkanes of at least 4 members (excludes halogenated alkanes) is 1. The zero-order valence-electron chi connectivity index (χ0n) is 28.3. The highest BCUT2D eigenvalue weighted by atomic mass is 16.1. The number of carbonyl (C=O) groups is 2. The van der Waals surface area contributed by atoms with E-state index in [4.69, 9.17) is 10.7 Å². The van der Waals surface area contributed by atoms with Gasteiger partial charge in [0.1, 0.15) is 5.78 Å². The van der Waals surface area contributed by atoms with Crippen LogP contribution in [0.5, 0.6) is 0 Å². The van der Waals surface area contributed by atoms with Crippen LogP contribution < -0.4 is 5.73 Å². The molecule has 5 heteroatoms. The molecule has 0 saturated heterocycles. The van der Waals surface area contributed by atoms with Crippen molar-refractivity contribution in [1.82, 2.24) is 4.98 Å². The van der Waals surface area contributed by atoms with Crippen LogP contribution in [0.15, 0.2) is 67.2 Å². The molecule has 1 aromatic heterocycles. The molecule has 4 atom stereocenters. The molecular formula is C42H51N3O2. The molecule has 5 nitrogen and oxygen atoms in total. The second-order valence-electron chi connectivity index (χ2n) is 14.6. The van der Waals surface area contributed by atoms with Crippen molar-refractivity contribution in [2.45, 2.75) is 96.3 Å². The van der Waals surface area contributed by atoms with Crippen molar-refractivity contribution in [3.05, 3.63) is 95.2 Å². The van der Waals surface area contributed by atoms with E-state index in [9.17, 15) is 14.9 Å². The first-order valence-corrected chi connectivity index (χ1v) is 17.7. The molecule has 0 bridgehead atoms. The minimum absolute atomic E-state index is 0.0322. The molecule has 2 fully saturated rings. The Morgan fingerprint density at radius 3 is 2.66 bits per heavy atom. The number of nitrogens with zero attached hydrogens (tertiary/aromatic N) is 2. The SMILES string of the molecule is C=Cc1cccc(CCC(C)(C)c2nc(-c3ccccc3C#N)ccc2C(=O)C2CC2CC2CCCC(C(=O)CCCCN)CC2)c1. The molecule has 0 aliphatic heterocycles. The van der Waals surface area contributed by atoms with E-state index < -0.39 is 0 Å². The molecule has 0 amide bonds. The Balaban J connectivity index is 1.32. The van der Waals surface area contributed by atoms with Crippen molar-refractivity contribution in [1.29, 1.82) is 5.26 Å². The summed E-state index contributed by atoms with van der Waals surface area (Å²) in [6, 6.07) is 22.2. The third kappa shape index (κ3) is 8.73. The number of rotatable bonds is 15. The number of ketones is 2. The number of hydrogen-bond acceptors (Lipinski definition) is 5. The molecule has 2 aliphatic carbocycles. The van der Waals surface area contributed by atoms with Crippen LogP contribution in [0.2, 0.25) is 0 Å². The van der Waals surface area contributed by atoms with Crippen LogP contribution in [0.3, 0.4) is 0 Å². The standard InChI is InChI=1S/C42H51N3O2/c1-4-29-11-9-12-31(25-29)22-23-42(2,3)41-36(20-21-38(45-41)35-16-6-5-14-33(35)28-44)40(47)37-27-34(37)26-30-13-10-15-32(19-18-30)39(46)17-7-8-24-43/h4-6,9,11-12,14,16,20-21,25,30,32,34,37H,1,7-8,10,13,15,17-19,22-24,26-27,43H2,2-3H3. The first-order chi connectivity index (χ1) is 22.7. The molecule has 0 spiro atoms. The van der Waals surface area contributed by atoms with E-state index >= 15 is 0 Å². The summed E-state index contributed by atoms with van der Waals surface area (Å²) in [6.45, 7) is 8.95. The van der Waals surface area contributed by atoms with Crippen LogP contribution in [0.1, 0.15) is 117 Å². The Bertz CT molecular complexity index is 1620. The number of pyridine rings is 1. The number of aryl methyl sites for hydroxylation is 1. The topological polar surface area (TPSA) is 96.8 Å². The predicted molar refractivity (Wildman–Crippen MR) is 191 cm³/mol. The van der Waals surface area contributed by atoms with Gasteiger partial charge >= 0.3 is 0 Å². The minimum atomic E-state index is -0.371. The molecule has 246 valence electrons. The third-order valence-electron chi connectivity index (χ3n) is 10.7. The summed E-state index contributed by atoms with van der Waals surface area (Å²) in [5.41, 5.74) is 11.2. The van der Waals surface area contributed by atoms with Gasteiger partial charge < -0.3 is 5.73 Å². The molecule has 1 heterocycles. The third-order valence-corrected chi connectivity index (χ3v) is 10.7. The van der Waals surface area contributed by atoms with Crippen LogP contribution in [0.4, 0.5) is 0 Å². The Morgan fingerprint density at radius 1 is 1.04 bits per heavy atom. The molecule has 4 unspecified atom stereocenters. The summed E-state index contributed by atoms with van der Waals surface area (Å²) in [4.78, 5) is 32.2. The van der Waals surface area contributed by atoms with Gasteiger partial charge in [-0.15, -0.1) is 0 Å². The van der Waals surface area contributed by atoms with E-state index in [1.54, 1.807) is 0 Å². The van der Waals surface area contributed by atoms with Gasteiger partial charge in [0, 0.05) is 34.8 Å². The number of Topliss-reactive ketones (excluding diaryl/α,β-unsaturated/α-hetero) is 2. The van der Waals surface area contributed by atoms with Gasteiger partial charge in [-0.1, -0.05) is 81.8 Å².